The van der Waals surface area contributed by atoms with Crippen LogP contribution in [-0.4, -0.2) is 66.8 Å². The SMILES string of the molecule is NC(=O)CN1CCN(C(=O)C2CNC(=O)C2)CC1. The number of rotatable bonds is 3. The van der Waals surface area contributed by atoms with Gasteiger partial charge in [-0.25, -0.2) is 0 Å². The summed E-state index contributed by atoms with van der Waals surface area (Å²) in [6.07, 6.45) is 0.292. The standard InChI is InChI=1S/C11H18N4O3/c12-9(16)7-14-1-3-15(4-2-14)11(18)8-5-10(17)13-6-8/h8H,1-7H2,(H2,12,16)(H,13,17). The van der Waals surface area contributed by atoms with Crippen LogP contribution in [0.25, 0.3) is 0 Å². The van der Waals surface area contributed by atoms with Gasteiger partial charge < -0.3 is 16.0 Å². The minimum absolute atomic E-state index is 0.0343. The summed E-state index contributed by atoms with van der Waals surface area (Å²) in [4.78, 5) is 37.7. The van der Waals surface area contributed by atoms with Crippen LogP contribution < -0.4 is 11.1 Å². The van der Waals surface area contributed by atoms with Crippen molar-refractivity contribution < 1.29 is 14.4 Å². The lowest BCUT2D eigenvalue weighted by Crippen LogP contribution is -2.52. The van der Waals surface area contributed by atoms with E-state index in [2.05, 4.69) is 5.32 Å². The monoisotopic (exact) mass is 254 g/mol. The normalized spacial score (nSPS) is 25.0. The van der Waals surface area contributed by atoms with Gasteiger partial charge in [0.2, 0.25) is 17.7 Å². The first-order valence-electron chi connectivity index (χ1n) is 6.12. The molecular weight excluding hydrogens is 236 g/mol. The minimum atomic E-state index is -0.347. The van der Waals surface area contributed by atoms with E-state index >= 15 is 0 Å². The fraction of sp³-hybridized carbons (Fsp3) is 0.727. The molecule has 100 valence electrons. The van der Waals surface area contributed by atoms with Crippen LogP contribution in [0.3, 0.4) is 0 Å². The summed E-state index contributed by atoms with van der Waals surface area (Å²) in [6, 6.07) is 0. The molecule has 1 unspecified atom stereocenters. The number of piperazine rings is 1. The van der Waals surface area contributed by atoms with E-state index in [0.29, 0.717) is 39.1 Å². The molecule has 7 heteroatoms. The van der Waals surface area contributed by atoms with Gasteiger partial charge in [0.15, 0.2) is 0 Å². The first-order valence-corrected chi connectivity index (χ1v) is 6.12. The molecule has 2 rings (SSSR count). The first kappa shape index (κ1) is 12.8. The smallest absolute Gasteiger partial charge is 0.231 e. The summed E-state index contributed by atoms with van der Waals surface area (Å²) in [5.41, 5.74) is 5.13. The largest absolute Gasteiger partial charge is 0.369 e. The number of primary amides is 1. The van der Waals surface area contributed by atoms with Crippen molar-refractivity contribution in [1.82, 2.24) is 15.1 Å². The van der Waals surface area contributed by atoms with E-state index in [4.69, 9.17) is 5.73 Å². The second-order valence-electron chi connectivity index (χ2n) is 4.77. The predicted molar refractivity (Wildman–Crippen MR) is 63.3 cm³/mol. The number of carbonyl (C=O) groups is 3. The van der Waals surface area contributed by atoms with E-state index in [1.54, 1.807) is 4.90 Å². The topological polar surface area (TPSA) is 95.7 Å². The van der Waals surface area contributed by atoms with Gasteiger partial charge in [-0.2, -0.15) is 0 Å². The molecule has 2 aliphatic heterocycles. The molecule has 0 aromatic heterocycles. The fourth-order valence-electron chi connectivity index (χ4n) is 2.38. The number of nitrogens with two attached hydrogens (primary N) is 1. The lowest BCUT2D eigenvalue weighted by atomic mass is 10.1. The second kappa shape index (κ2) is 5.34. The van der Waals surface area contributed by atoms with Crippen molar-refractivity contribution in [2.75, 3.05) is 39.3 Å². The molecule has 2 aliphatic rings. The highest BCUT2D eigenvalue weighted by molar-refractivity contribution is 5.89. The minimum Gasteiger partial charge on any atom is -0.369 e. The molecule has 18 heavy (non-hydrogen) atoms. The molecule has 0 saturated carbocycles. The molecule has 0 spiro atoms. The number of carbonyl (C=O) groups excluding carboxylic acids is 3. The Hall–Kier alpha value is -1.63. The molecule has 3 N–H and O–H groups in total. The van der Waals surface area contributed by atoms with Gasteiger partial charge in [0, 0.05) is 39.1 Å². The van der Waals surface area contributed by atoms with Gasteiger partial charge in [0.1, 0.15) is 0 Å². The highest BCUT2D eigenvalue weighted by Gasteiger charge is 2.32. The highest BCUT2D eigenvalue weighted by Crippen LogP contribution is 2.14. The van der Waals surface area contributed by atoms with Crippen molar-refractivity contribution in [2.45, 2.75) is 6.42 Å². The van der Waals surface area contributed by atoms with Crippen molar-refractivity contribution in [1.29, 1.82) is 0 Å². The third-order valence-electron chi connectivity index (χ3n) is 3.39. The van der Waals surface area contributed by atoms with E-state index in [9.17, 15) is 14.4 Å². The summed E-state index contributed by atoms with van der Waals surface area (Å²) in [6.45, 7) is 3.18. The van der Waals surface area contributed by atoms with Crippen molar-refractivity contribution in [3.8, 4) is 0 Å². The van der Waals surface area contributed by atoms with Crippen LogP contribution in [0, 0.1) is 5.92 Å². The predicted octanol–water partition coefficient (Wildman–Crippen LogP) is -2.25. The quantitative estimate of drug-likeness (QED) is 0.595. The number of hydrogen-bond donors (Lipinski definition) is 2. The highest BCUT2D eigenvalue weighted by atomic mass is 16.2. The maximum Gasteiger partial charge on any atom is 0.231 e. The first-order chi connectivity index (χ1) is 8.56. The zero-order valence-corrected chi connectivity index (χ0v) is 10.2. The van der Waals surface area contributed by atoms with Gasteiger partial charge in [-0.3, -0.25) is 19.3 Å². The molecule has 3 amide bonds. The Bertz CT molecular complexity index is 363. The third kappa shape index (κ3) is 2.98. The van der Waals surface area contributed by atoms with Crippen molar-refractivity contribution in [2.24, 2.45) is 11.7 Å². The van der Waals surface area contributed by atoms with Crippen LogP contribution in [0.15, 0.2) is 0 Å². The van der Waals surface area contributed by atoms with E-state index in [1.807, 2.05) is 4.90 Å². The van der Waals surface area contributed by atoms with Crippen molar-refractivity contribution in [3.05, 3.63) is 0 Å². The average Bonchev–Trinajstić information content (AvgIpc) is 2.75. The Kier molecular flexibility index (Phi) is 3.81. The maximum absolute atomic E-state index is 12.1. The molecule has 0 aromatic rings. The Balaban J connectivity index is 1.80. The lowest BCUT2D eigenvalue weighted by molar-refractivity contribution is -0.137. The van der Waals surface area contributed by atoms with Gasteiger partial charge >= 0.3 is 0 Å². The van der Waals surface area contributed by atoms with Gasteiger partial charge in [0.25, 0.3) is 0 Å². The molecule has 0 radical (unpaired) electrons. The van der Waals surface area contributed by atoms with Crippen LogP contribution in [0.2, 0.25) is 0 Å². The lowest BCUT2D eigenvalue weighted by Gasteiger charge is -2.35. The van der Waals surface area contributed by atoms with E-state index in [-0.39, 0.29) is 30.2 Å². The van der Waals surface area contributed by atoms with Gasteiger partial charge in [0.05, 0.1) is 12.5 Å². The molecule has 2 heterocycles. The zero-order chi connectivity index (χ0) is 13.1. The van der Waals surface area contributed by atoms with Crippen LogP contribution in [0.5, 0.6) is 0 Å². The van der Waals surface area contributed by atoms with Crippen molar-refractivity contribution >= 4 is 17.7 Å². The number of hydrogen-bond acceptors (Lipinski definition) is 4. The van der Waals surface area contributed by atoms with Crippen LogP contribution >= 0.6 is 0 Å². The summed E-state index contributed by atoms with van der Waals surface area (Å²) >= 11 is 0. The van der Waals surface area contributed by atoms with Gasteiger partial charge in [-0.1, -0.05) is 0 Å². The fourth-order valence-corrected chi connectivity index (χ4v) is 2.38. The maximum atomic E-state index is 12.1. The summed E-state index contributed by atoms with van der Waals surface area (Å²) < 4.78 is 0. The summed E-state index contributed by atoms with van der Waals surface area (Å²) in [5.74, 6) is -0.589. The summed E-state index contributed by atoms with van der Waals surface area (Å²) in [5, 5.41) is 2.67. The molecule has 1 atom stereocenters. The van der Waals surface area contributed by atoms with Gasteiger partial charge in [-0.05, 0) is 0 Å². The third-order valence-corrected chi connectivity index (χ3v) is 3.39. The molecule has 0 bridgehead atoms. The van der Waals surface area contributed by atoms with Crippen LogP contribution in [0.1, 0.15) is 6.42 Å². The zero-order valence-electron chi connectivity index (χ0n) is 10.2. The average molecular weight is 254 g/mol. The van der Waals surface area contributed by atoms with E-state index < -0.39 is 0 Å². The van der Waals surface area contributed by atoms with Crippen LogP contribution in [0.4, 0.5) is 0 Å². The Morgan fingerprint density at radius 2 is 1.94 bits per heavy atom. The van der Waals surface area contributed by atoms with E-state index in [0.717, 1.165) is 0 Å². The van der Waals surface area contributed by atoms with Crippen molar-refractivity contribution in [3.63, 3.8) is 0 Å². The molecule has 2 saturated heterocycles. The molecular formula is C11H18N4O3. The van der Waals surface area contributed by atoms with Crippen LogP contribution in [-0.2, 0) is 14.4 Å². The van der Waals surface area contributed by atoms with E-state index in [1.165, 1.54) is 0 Å². The number of nitrogens with one attached hydrogen (secondary N) is 1. The second-order valence-corrected chi connectivity index (χ2v) is 4.77. The number of amides is 3. The molecule has 7 nitrogen and oxygen atoms in total. The Morgan fingerprint density at radius 3 is 2.44 bits per heavy atom. The molecule has 0 aromatic carbocycles. The Labute approximate surface area is 105 Å². The molecule has 2 fully saturated rings. The summed E-state index contributed by atoms with van der Waals surface area (Å²) in [7, 11) is 0. The Morgan fingerprint density at radius 1 is 1.28 bits per heavy atom. The molecule has 0 aliphatic carbocycles. The number of nitrogens with zero attached hydrogens (tertiary/aromatic N) is 2. The van der Waals surface area contributed by atoms with Gasteiger partial charge in [-0.15, -0.1) is 0 Å².